The molecule has 2 unspecified atom stereocenters. The predicted molar refractivity (Wildman–Crippen MR) is 76.8 cm³/mol. The minimum atomic E-state index is 0.268. The summed E-state index contributed by atoms with van der Waals surface area (Å²) in [7, 11) is 0. The fourth-order valence-electron chi connectivity index (χ4n) is 3.52. The van der Waals surface area contributed by atoms with E-state index < -0.39 is 0 Å². The second kappa shape index (κ2) is 4.53. The number of hydrogen-bond donors (Lipinski definition) is 1. The predicted octanol–water partition coefficient (Wildman–Crippen LogP) is 3.80. The zero-order valence-corrected chi connectivity index (χ0v) is 12.4. The summed E-state index contributed by atoms with van der Waals surface area (Å²) >= 11 is 3.58. The number of rotatable bonds is 2. The fraction of sp³-hybridized carbons (Fsp3) is 0.600. The zero-order valence-electron chi connectivity index (χ0n) is 10.8. The first-order chi connectivity index (χ1) is 8.62. The van der Waals surface area contributed by atoms with E-state index in [1.54, 1.807) is 0 Å². The molecule has 2 N–H and O–H groups in total. The van der Waals surface area contributed by atoms with Gasteiger partial charge in [-0.15, -0.1) is 0 Å². The van der Waals surface area contributed by atoms with E-state index in [-0.39, 0.29) is 5.41 Å². The topological polar surface area (TPSA) is 35.2 Å². The van der Waals surface area contributed by atoms with Crippen molar-refractivity contribution < 1.29 is 4.74 Å². The third kappa shape index (κ3) is 1.88. The molecule has 0 bridgehead atoms. The van der Waals surface area contributed by atoms with Crippen molar-refractivity contribution in [1.29, 1.82) is 0 Å². The monoisotopic (exact) mass is 309 g/mol. The summed E-state index contributed by atoms with van der Waals surface area (Å²) in [4.78, 5) is 0. The number of aryl methyl sites for hydroxylation is 1. The number of halogens is 1. The molecule has 1 spiro atoms. The maximum Gasteiger partial charge on any atom is 0.133 e. The van der Waals surface area contributed by atoms with Crippen LogP contribution in [-0.2, 0) is 0 Å². The van der Waals surface area contributed by atoms with E-state index in [9.17, 15) is 0 Å². The molecule has 1 aromatic carbocycles. The molecule has 1 aromatic rings. The van der Waals surface area contributed by atoms with Gasteiger partial charge >= 0.3 is 0 Å². The quantitative estimate of drug-likeness (QED) is 0.902. The van der Waals surface area contributed by atoms with E-state index in [0.29, 0.717) is 12.1 Å². The van der Waals surface area contributed by atoms with Crippen LogP contribution in [0, 0.1) is 12.3 Å². The standard InChI is InChI=1S/C15H20BrNO/c1-10-4-5-12(11(16)8-10)18-14-9-13(17)15(14)6-2-3-7-15/h4-5,8,13-14H,2-3,6-7,9,17H2,1H3. The van der Waals surface area contributed by atoms with Gasteiger partial charge in [0, 0.05) is 17.9 Å². The Balaban J connectivity index is 1.77. The van der Waals surface area contributed by atoms with Crippen molar-refractivity contribution in [2.45, 2.75) is 51.2 Å². The molecule has 18 heavy (non-hydrogen) atoms. The Hall–Kier alpha value is -0.540. The Morgan fingerprint density at radius 3 is 2.67 bits per heavy atom. The molecule has 98 valence electrons. The molecule has 2 saturated carbocycles. The highest BCUT2D eigenvalue weighted by atomic mass is 79.9. The van der Waals surface area contributed by atoms with Gasteiger partial charge in [0.1, 0.15) is 11.9 Å². The van der Waals surface area contributed by atoms with E-state index in [1.165, 1.54) is 31.2 Å². The highest BCUT2D eigenvalue weighted by Crippen LogP contribution is 2.54. The van der Waals surface area contributed by atoms with Crippen LogP contribution in [0.5, 0.6) is 5.75 Å². The Bertz CT molecular complexity index is 454. The summed E-state index contributed by atoms with van der Waals surface area (Å²) in [6.07, 6.45) is 6.41. The zero-order chi connectivity index (χ0) is 12.8. The van der Waals surface area contributed by atoms with Crippen LogP contribution in [0.15, 0.2) is 22.7 Å². The summed E-state index contributed by atoms with van der Waals surface area (Å²) in [6, 6.07) is 6.61. The van der Waals surface area contributed by atoms with Crippen molar-refractivity contribution in [3.63, 3.8) is 0 Å². The van der Waals surface area contributed by atoms with E-state index in [2.05, 4.69) is 41.1 Å². The molecule has 0 heterocycles. The second-order valence-corrected chi connectivity index (χ2v) is 6.68. The maximum atomic E-state index is 6.23. The summed E-state index contributed by atoms with van der Waals surface area (Å²) in [5.41, 5.74) is 7.75. The molecule has 0 radical (unpaired) electrons. The highest BCUT2D eigenvalue weighted by molar-refractivity contribution is 9.10. The lowest BCUT2D eigenvalue weighted by Gasteiger charge is -2.52. The molecule has 2 fully saturated rings. The molecule has 3 rings (SSSR count). The van der Waals surface area contributed by atoms with Gasteiger partial charge in [-0.3, -0.25) is 0 Å². The van der Waals surface area contributed by atoms with Crippen LogP contribution < -0.4 is 10.5 Å². The summed E-state index contributed by atoms with van der Waals surface area (Å²) in [5, 5.41) is 0. The van der Waals surface area contributed by atoms with Crippen molar-refractivity contribution in [3.05, 3.63) is 28.2 Å². The highest BCUT2D eigenvalue weighted by Gasteiger charge is 2.56. The first kappa shape index (κ1) is 12.5. The van der Waals surface area contributed by atoms with Crippen molar-refractivity contribution in [3.8, 4) is 5.75 Å². The van der Waals surface area contributed by atoms with E-state index >= 15 is 0 Å². The normalized spacial score (nSPS) is 29.3. The van der Waals surface area contributed by atoms with E-state index in [1.807, 2.05) is 0 Å². The smallest absolute Gasteiger partial charge is 0.133 e. The van der Waals surface area contributed by atoms with Crippen LogP contribution in [0.1, 0.15) is 37.7 Å². The average Bonchev–Trinajstić information content (AvgIpc) is 2.83. The lowest BCUT2D eigenvalue weighted by molar-refractivity contribution is -0.0623. The Labute approximate surface area is 117 Å². The van der Waals surface area contributed by atoms with Gasteiger partial charge in [0.05, 0.1) is 4.47 Å². The first-order valence-electron chi connectivity index (χ1n) is 6.80. The van der Waals surface area contributed by atoms with Crippen molar-refractivity contribution in [2.24, 2.45) is 11.1 Å². The lowest BCUT2D eigenvalue weighted by Crippen LogP contribution is -2.62. The lowest BCUT2D eigenvalue weighted by atomic mass is 9.61. The Morgan fingerprint density at radius 2 is 2.06 bits per heavy atom. The number of ether oxygens (including phenoxy) is 1. The minimum absolute atomic E-state index is 0.268. The molecule has 2 aliphatic rings. The van der Waals surface area contributed by atoms with E-state index in [0.717, 1.165) is 16.6 Å². The molecular formula is C15H20BrNO. The van der Waals surface area contributed by atoms with Crippen LogP contribution in [0.4, 0.5) is 0 Å². The first-order valence-corrected chi connectivity index (χ1v) is 7.59. The van der Waals surface area contributed by atoms with Crippen molar-refractivity contribution >= 4 is 15.9 Å². The fourth-order valence-corrected chi connectivity index (χ4v) is 4.11. The van der Waals surface area contributed by atoms with Gasteiger partial charge in [0.2, 0.25) is 0 Å². The van der Waals surface area contributed by atoms with Gasteiger partial charge < -0.3 is 10.5 Å². The third-order valence-corrected chi connectivity index (χ3v) is 5.36. The molecular weight excluding hydrogens is 290 g/mol. The third-order valence-electron chi connectivity index (χ3n) is 4.74. The Morgan fingerprint density at radius 1 is 1.33 bits per heavy atom. The minimum Gasteiger partial charge on any atom is -0.489 e. The van der Waals surface area contributed by atoms with Gasteiger partial charge in [-0.25, -0.2) is 0 Å². The van der Waals surface area contributed by atoms with E-state index in [4.69, 9.17) is 10.5 Å². The molecule has 0 aliphatic heterocycles. The van der Waals surface area contributed by atoms with Crippen LogP contribution >= 0.6 is 15.9 Å². The van der Waals surface area contributed by atoms with Crippen molar-refractivity contribution in [1.82, 2.24) is 0 Å². The summed E-state index contributed by atoms with van der Waals surface area (Å²) in [5.74, 6) is 0.962. The summed E-state index contributed by atoms with van der Waals surface area (Å²) < 4.78 is 7.27. The van der Waals surface area contributed by atoms with Crippen LogP contribution in [0.3, 0.4) is 0 Å². The van der Waals surface area contributed by atoms with Crippen molar-refractivity contribution in [2.75, 3.05) is 0 Å². The van der Waals surface area contributed by atoms with Gasteiger partial charge in [0.15, 0.2) is 0 Å². The molecule has 0 aromatic heterocycles. The SMILES string of the molecule is Cc1ccc(OC2CC(N)C23CCCC3)c(Br)c1. The second-order valence-electron chi connectivity index (χ2n) is 5.82. The number of hydrogen-bond acceptors (Lipinski definition) is 2. The van der Waals surface area contributed by atoms with Crippen LogP contribution in [0.25, 0.3) is 0 Å². The maximum absolute atomic E-state index is 6.23. The molecule has 2 atom stereocenters. The molecule has 0 amide bonds. The average molecular weight is 310 g/mol. The number of nitrogens with two attached hydrogens (primary N) is 1. The largest absolute Gasteiger partial charge is 0.489 e. The molecule has 3 heteroatoms. The van der Waals surface area contributed by atoms with Gasteiger partial charge in [-0.2, -0.15) is 0 Å². The molecule has 2 nitrogen and oxygen atoms in total. The van der Waals surface area contributed by atoms with Gasteiger partial charge in [0.25, 0.3) is 0 Å². The van der Waals surface area contributed by atoms with Crippen LogP contribution in [0.2, 0.25) is 0 Å². The van der Waals surface area contributed by atoms with Gasteiger partial charge in [-0.1, -0.05) is 18.9 Å². The molecule has 0 saturated heterocycles. The molecule has 2 aliphatic carbocycles. The summed E-state index contributed by atoms with van der Waals surface area (Å²) in [6.45, 7) is 2.09. The van der Waals surface area contributed by atoms with Gasteiger partial charge in [-0.05, 0) is 53.4 Å². The van der Waals surface area contributed by atoms with Crippen LogP contribution in [-0.4, -0.2) is 12.1 Å². The Kier molecular flexibility index (Phi) is 3.15. The number of benzene rings is 1.